The van der Waals surface area contributed by atoms with Crippen molar-refractivity contribution in [3.63, 3.8) is 0 Å². The molecular weight excluding hydrogens is 767 g/mol. The van der Waals surface area contributed by atoms with E-state index in [-0.39, 0.29) is 0 Å². The normalized spacial score (nSPS) is 11.5. The number of rotatable bonds is 7. The quantitative estimate of drug-likeness (QED) is 0.151. The van der Waals surface area contributed by atoms with E-state index in [1.807, 2.05) is 30.3 Å². The van der Waals surface area contributed by atoms with Crippen molar-refractivity contribution in [2.24, 2.45) is 0 Å². The predicted molar refractivity (Wildman–Crippen MR) is 260 cm³/mol. The Balaban J connectivity index is 0.976. The van der Waals surface area contributed by atoms with Crippen LogP contribution >= 0.6 is 0 Å². The van der Waals surface area contributed by atoms with Crippen LogP contribution in [0.2, 0.25) is 0 Å². The molecule has 0 saturated heterocycles. The Morgan fingerprint density at radius 3 is 1.51 bits per heavy atom. The van der Waals surface area contributed by atoms with Gasteiger partial charge in [0.25, 0.3) is 0 Å². The summed E-state index contributed by atoms with van der Waals surface area (Å²) in [6.45, 7) is 0. The molecule has 0 aliphatic heterocycles. The maximum absolute atomic E-state index is 6.62. The fraction of sp³-hybridized carbons (Fsp3) is 0. The summed E-state index contributed by atoms with van der Waals surface area (Å²) >= 11 is 0. The van der Waals surface area contributed by atoms with Crippen LogP contribution in [-0.2, 0) is 0 Å². The lowest BCUT2D eigenvalue weighted by Gasteiger charge is -2.16. The summed E-state index contributed by atoms with van der Waals surface area (Å²) in [5.41, 5.74) is 16.2. The molecule has 0 aliphatic carbocycles. The summed E-state index contributed by atoms with van der Waals surface area (Å²) in [7, 11) is 0. The van der Waals surface area contributed by atoms with Gasteiger partial charge in [-0.1, -0.05) is 188 Å². The SMILES string of the molecule is c1ccc(-c2cccc(-c3nc(-c4ccccc4)cc(-c4ccc(-c5cccc(-c6nc7ccccc7c7c(-c8ccccc8)c8c(cc67)oc6ccccc68)c5)cc4)n3)c2)cc1. The number of pyridine rings is 1. The van der Waals surface area contributed by atoms with Crippen LogP contribution in [0.4, 0.5) is 0 Å². The first-order valence-electron chi connectivity index (χ1n) is 21.3. The molecule has 0 radical (unpaired) electrons. The first-order chi connectivity index (χ1) is 31.2. The van der Waals surface area contributed by atoms with Crippen LogP contribution in [-0.4, -0.2) is 15.0 Å². The van der Waals surface area contributed by atoms with Gasteiger partial charge in [-0.2, -0.15) is 0 Å². The minimum Gasteiger partial charge on any atom is -0.456 e. The Morgan fingerprint density at radius 2 is 0.794 bits per heavy atom. The van der Waals surface area contributed by atoms with Crippen LogP contribution in [0.1, 0.15) is 0 Å². The van der Waals surface area contributed by atoms with Crippen molar-refractivity contribution in [2.75, 3.05) is 0 Å². The van der Waals surface area contributed by atoms with Gasteiger partial charge in [0.2, 0.25) is 0 Å². The molecule has 0 aliphatic rings. The second-order valence-electron chi connectivity index (χ2n) is 15.9. The van der Waals surface area contributed by atoms with E-state index < -0.39 is 0 Å². The minimum atomic E-state index is 0.686. The van der Waals surface area contributed by atoms with Gasteiger partial charge < -0.3 is 4.42 Å². The van der Waals surface area contributed by atoms with Crippen molar-refractivity contribution in [3.05, 3.63) is 224 Å². The van der Waals surface area contributed by atoms with Gasteiger partial charge in [0, 0.05) is 54.7 Å². The molecule has 12 rings (SSSR count). The molecule has 0 spiro atoms. The summed E-state index contributed by atoms with van der Waals surface area (Å²) in [6, 6.07) is 78.5. The van der Waals surface area contributed by atoms with Crippen LogP contribution < -0.4 is 0 Å². The lowest BCUT2D eigenvalue weighted by atomic mass is 9.89. The Hall–Kier alpha value is -8.47. The van der Waals surface area contributed by atoms with E-state index in [4.69, 9.17) is 19.4 Å². The largest absolute Gasteiger partial charge is 0.456 e. The average molecular weight is 804 g/mol. The molecule has 3 aromatic heterocycles. The summed E-state index contributed by atoms with van der Waals surface area (Å²) in [5.74, 6) is 0.686. The Morgan fingerprint density at radius 1 is 0.286 bits per heavy atom. The molecule has 0 saturated carbocycles. The standard InChI is InChI=1S/C59H37N3O/c1-4-16-38(17-5-1)44-23-15-25-46(35-44)59-61-51(40-18-6-2-7-19-40)37-52(62-59)41-32-30-39(31-33-41)43-22-14-24-45(34-43)58-49-36-54-57(48-27-11-13-29-53(48)63-54)55(42-20-8-3-9-21-42)56(49)47-26-10-12-28-50(47)60-58/h1-37H. The summed E-state index contributed by atoms with van der Waals surface area (Å²) in [6.07, 6.45) is 0. The van der Waals surface area contributed by atoms with Crippen molar-refractivity contribution in [1.29, 1.82) is 0 Å². The van der Waals surface area contributed by atoms with Gasteiger partial charge in [-0.05, 0) is 64.2 Å². The molecule has 0 fully saturated rings. The molecule has 12 aromatic rings. The van der Waals surface area contributed by atoms with Crippen LogP contribution in [0.5, 0.6) is 0 Å². The van der Waals surface area contributed by atoms with Crippen LogP contribution in [0, 0.1) is 0 Å². The molecular formula is C59H37N3O. The molecule has 4 nitrogen and oxygen atoms in total. The van der Waals surface area contributed by atoms with Crippen molar-refractivity contribution in [3.8, 4) is 78.5 Å². The maximum atomic E-state index is 6.62. The van der Waals surface area contributed by atoms with Crippen LogP contribution in [0.3, 0.4) is 0 Å². The molecule has 0 amide bonds. The second-order valence-corrected chi connectivity index (χ2v) is 15.9. The number of nitrogens with zero attached hydrogens (tertiary/aromatic N) is 3. The highest BCUT2D eigenvalue weighted by atomic mass is 16.3. The van der Waals surface area contributed by atoms with Crippen LogP contribution in [0.25, 0.3) is 122 Å². The fourth-order valence-electron chi connectivity index (χ4n) is 9.06. The third kappa shape index (κ3) is 6.53. The zero-order valence-corrected chi connectivity index (χ0v) is 34.1. The monoisotopic (exact) mass is 803 g/mol. The summed E-state index contributed by atoms with van der Waals surface area (Å²) in [4.78, 5) is 15.7. The van der Waals surface area contributed by atoms with Gasteiger partial charge in [0.05, 0.1) is 22.6 Å². The van der Waals surface area contributed by atoms with E-state index in [9.17, 15) is 0 Å². The van der Waals surface area contributed by atoms with E-state index in [0.717, 1.165) is 111 Å². The van der Waals surface area contributed by atoms with Crippen LogP contribution in [0.15, 0.2) is 229 Å². The van der Waals surface area contributed by atoms with E-state index >= 15 is 0 Å². The number of benzene rings is 9. The lowest BCUT2D eigenvalue weighted by Crippen LogP contribution is -1.96. The number of fused-ring (bicyclic) bond motifs is 6. The predicted octanol–water partition coefficient (Wildman–Crippen LogP) is 15.7. The van der Waals surface area contributed by atoms with E-state index in [0.29, 0.717) is 5.82 Å². The van der Waals surface area contributed by atoms with Gasteiger partial charge >= 0.3 is 0 Å². The topological polar surface area (TPSA) is 51.8 Å². The number of hydrogen-bond donors (Lipinski definition) is 0. The molecule has 0 unspecified atom stereocenters. The first-order valence-corrected chi connectivity index (χ1v) is 21.3. The molecule has 0 atom stereocenters. The highest BCUT2D eigenvalue weighted by Gasteiger charge is 2.22. The Labute approximate surface area is 364 Å². The maximum Gasteiger partial charge on any atom is 0.160 e. The Kier molecular flexibility index (Phi) is 8.79. The van der Waals surface area contributed by atoms with Crippen molar-refractivity contribution < 1.29 is 4.42 Å². The number of furan rings is 1. The zero-order chi connectivity index (χ0) is 41.7. The van der Waals surface area contributed by atoms with Gasteiger partial charge in [-0.3, -0.25) is 0 Å². The molecule has 63 heavy (non-hydrogen) atoms. The van der Waals surface area contributed by atoms with Crippen molar-refractivity contribution >= 4 is 43.6 Å². The summed E-state index contributed by atoms with van der Waals surface area (Å²) < 4.78 is 6.62. The van der Waals surface area contributed by atoms with Gasteiger partial charge in [-0.25, -0.2) is 15.0 Å². The minimum absolute atomic E-state index is 0.686. The molecule has 4 heteroatoms. The lowest BCUT2D eigenvalue weighted by molar-refractivity contribution is 0.669. The molecule has 0 N–H and O–H groups in total. The van der Waals surface area contributed by atoms with Gasteiger partial charge in [0.1, 0.15) is 11.2 Å². The van der Waals surface area contributed by atoms with E-state index in [1.54, 1.807) is 0 Å². The molecule has 0 bridgehead atoms. The molecule has 294 valence electrons. The highest BCUT2D eigenvalue weighted by molar-refractivity contribution is 6.27. The smallest absolute Gasteiger partial charge is 0.160 e. The first kappa shape index (κ1) is 36.4. The number of para-hydroxylation sites is 2. The third-order valence-electron chi connectivity index (χ3n) is 12.1. The number of hydrogen-bond acceptors (Lipinski definition) is 4. The average Bonchev–Trinajstić information content (AvgIpc) is 3.74. The fourth-order valence-corrected chi connectivity index (χ4v) is 9.06. The van der Waals surface area contributed by atoms with Gasteiger partial charge in [-0.15, -0.1) is 0 Å². The zero-order valence-electron chi connectivity index (χ0n) is 34.1. The van der Waals surface area contributed by atoms with E-state index in [2.05, 4.69) is 194 Å². The van der Waals surface area contributed by atoms with Crippen molar-refractivity contribution in [1.82, 2.24) is 15.0 Å². The molecule has 3 heterocycles. The third-order valence-corrected chi connectivity index (χ3v) is 12.1. The molecule has 9 aromatic carbocycles. The van der Waals surface area contributed by atoms with E-state index in [1.165, 1.54) is 5.39 Å². The summed E-state index contributed by atoms with van der Waals surface area (Å²) in [5, 5.41) is 5.55. The van der Waals surface area contributed by atoms with Crippen molar-refractivity contribution in [2.45, 2.75) is 0 Å². The Bertz CT molecular complexity index is 3650. The highest BCUT2D eigenvalue weighted by Crippen LogP contribution is 2.46. The number of aromatic nitrogens is 3. The second kappa shape index (κ2) is 15.2. The van der Waals surface area contributed by atoms with Gasteiger partial charge in [0.15, 0.2) is 5.82 Å².